The minimum atomic E-state index is -4.56. The van der Waals surface area contributed by atoms with Crippen molar-refractivity contribution in [2.45, 2.75) is 46.1 Å². The summed E-state index contributed by atoms with van der Waals surface area (Å²) in [5.41, 5.74) is 6.56. The van der Waals surface area contributed by atoms with Gasteiger partial charge in [-0.15, -0.1) is 0 Å². The lowest BCUT2D eigenvalue weighted by Gasteiger charge is -2.30. The molecular weight excluding hydrogens is 410 g/mol. The molecule has 167 valence electrons. The number of aromatic nitrogens is 2. The van der Waals surface area contributed by atoms with E-state index >= 15 is 0 Å². The van der Waals surface area contributed by atoms with Crippen LogP contribution in [-0.4, -0.2) is 22.3 Å². The van der Waals surface area contributed by atoms with E-state index in [1.807, 2.05) is 51.1 Å². The number of alkyl halides is 4. The van der Waals surface area contributed by atoms with Crippen LogP contribution in [-0.2, 0) is 12.7 Å². The molecule has 2 N–H and O–H groups in total. The largest absolute Gasteiger partial charge is 0.455 e. The van der Waals surface area contributed by atoms with Crippen molar-refractivity contribution < 1.29 is 22.0 Å². The van der Waals surface area contributed by atoms with Gasteiger partial charge in [-0.3, -0.25) is 0 Å². The summed E-state index contributed by atoms with van der Waals surface area (Å²) >= 11 is 0. The molecule has 0 saturated heterocycles. The molecule has 0 aliphatic carbocycles. The third kappa shape index (κ3) is 5.55. The Balaban J connectivity index is 2.05. The minimum absolute atomic E-state index is 0.0321. The molecule has 0 amide bonds. The molecule has 0 bridgehead atoms. The normalized spacial score (nSPS) is 13.7. The maximum atomic E-state index is 14.3. The number of benzene rings is 1. The monoisotopic (exact) mass is 436 g/mol. The van der Waals surface area contributed by atoms with E-state index in [0.29, 0.717) is 11.5 Å². The van der Waals surface area contributed by atoms with Crippen molar-refractivity contribution in [3.8, 4) is 11.3 Å². The van der Waals surface area contributed by atoms with Gasteiger partial charge in [0.25, 0.3) is 0 Å². The molecule has 31 heavy (non-hydrogen) atoms. The Morgan fingerprint density at radius 3 is 2.32 bits per heavy atom. The zero-order chi connectivity index (χ0) is 22.8. The second-order valence-electron chi connectivity index (χ2n) is 8.47. The Bertz CT molecular complexity index is 986. The third-order valence-corrected chi connectivity index (χ3v) is 4.97. The maximum Gasteiger partial charge on any atom is 0.449 e. The summed E-state index contributed by atoms with van der Waals surface area (Å²) in [5, 5.41) is 0. The van der Waals surface area contributed by atoms with E-state index in [-0.39, 0.29) is 25.3 Å². The summed E-state index contributed by atoms with van der Waals surface area (Å²) in [4.78, 5) is 4.74. The third-order valence-electron chi connectivity index (χ3n) is 4.97. The number of hydrogen-bond donors (Lipinski definition) is 1. The molecular formula is C23H26F4N3O. The van der Waals surface area contributed by atoms with E-state index < -0.39 is 23.5 Å². The Morgan fingerprint density at radius 1 is 1.10 bits per heavy atom. The van der Waals surface area contributed by atoms with Gasteiger partial charge >= 0.3 is 6.18 Å². The molecule has 0 aliphatic rings. The van der Waals surface area contributed by atoms with Crippen molar-refractivity contribution in [1.82, 2.24) is 9.55 Å². The average molecular weight is 436 g/mol. The van der Waals surface area contributed by atoms with Crippen molar-refractivity contribution in [2.24, 2.45) is 11.1 Å². The maximum absolute atomic E-state index is 14.3. The van der Waals surface area contributed by atoms with Gasteiger partial charge in [0.2, 0.25) is 5.76 Å². The second-order valence-corrected chi connectivity index (χ2v) is 8.47. The minimum Gasteiger partial charge on any atom is -0.455 e. The zero-order valence-electron chi connectivity index (χ0n) is 17.7. The van der Waals surface area contributed by atoms with E-state index in [9.17, 15) is 17.6 Å². The number of furan rings is 1. The molecule has 0 aliphatic heterocycles. The highest BCUT2D eigenvalue weighted by atomic mass is 19.4. The summed E-state index contributed by atoms with van der Waals surface area (Å²) in [6.07, 6.45) is -3.98. The molecule has 0 fully saturated rings. The van der Waals surface area contributed by atoms with Gasteiger partial charge in [0, 0.05) is 24.2 Å². The predicted octanol–water partition coefficient (Wildman–Crippen LogP) is 5.87. The second kappa shape index (κ2) is 8.86. The molecule has 1 atom stereocenters. The first kappa shape index (κ1) is 23.1. The van der Waals surface area contributed by atoms with E-state index in [1.165, 1.54) is 6.07 Å². The highest BCUT2D eigenvalue weighted by Crippen LogP contribution is 2.39. The number of halogens is 4. The highest BCUT2D eigenvalue weighted by Gasteiger charge is 2.36. The summed E-state index contributed by atoms with van der Waals surface area (Å²) in [7, 11) is 0. The zero-order valence-corrected chi connectivity index (χ0v) is 17.7. The molecule has 3 aromatic rings. The Labute approximate surface area is 179 Å². The number of rotatable bonds is 7. The molecule has 2 aromatic heterocycles. The number of nitrogens with zero attached hydrogens (tertiary/aromatic N) is 2. The molecule has 0 unspecified atom stereocenters. The topological polar surface area (TPSA) is 57.0 Å². The van der Waals surface area contributed by atoms with Crippen molar-refractivity contribution >= 4 is 0 Å². The summed E-state index contributed by atoms with van der Waals surface area (Å²) in [6, 6.07) is 11.6. The molecule has 2 heterocycles. The smallest absolute Gasteiger partial charge is 0.449 e. The molecule has 8 heteroatoms. The first-order chi connectivity index (χ1) is 14.5. The molecule has 1 radical (unpaired) electrons. The van der Waals surface area contributed by atoms with Gasteiger partial charge in [-0.25, -0.2) is 9.37 Å². The van der Waals surface area contributed by atoms with Gasteiger partial charge in [-0.05, 0) is 24.0 Å². The summed E-state index contributed by atoms with van der Waals surface area (Å²) in [5.74, 6) is 0.316. The molecule has 4 nitrogen and oxygen atoms in total. The van der Waals surface area contributed by atoms with Gasteiger partial charge in [0.1, 0.15) is 17.8 Å². The van der Waals surface area contributed by atoms with Gasteiger partial charge in [-0.1, -0.05) is 51.1 Å². The van der Waals surface area contributed by atoms with Gasteiger partial charge < -0.3 is 14.7 Å². The van der Waals surface area contributed by atoms with Crippen LogP contribution >= 0.6 is 0 Å². The summed E-state index contributed by atoms with van der Waals surface area (Å²) < 4.78 is 59.8. The van der Waals surface area contributed by atoms with Gasteiger partial charge in [-0.2, -0.15) is 13.2 Å². The van der Waals surface area contributed by atoms with Gasteiger partial charge in [0.15, 0.2) is 0 Å². The van der Waals surface area contributed by atoms with Crippen LogP contribution in [0.4, 0.5) is 17.6 Å². The van der Waals surface area contributed by atoms with E-state index in [2.05, 4.69) is 0 Å². The lowest BCUT2D eigenvalue weighted by atomic mass is 9.77. The molecule has 0 spiro atoms. The Morgan fingerprint density at radius 2 is 1.77 bits per heavy atom. The lowest BCUT2D eigenvalue weighted by molar-refractivity contribution is -0.153. The SMILES string of the molecule is CC(C)(C)[C](C[C@@H](F)CN)c1nc(-c2ccccc2)cn1Cc1ccc(C(F)(F)F)o1. The number of imidazole rings is 1. The van der Waals surface area contributed by atoms with Crippen molar-refractivity contribution in [2.75, 3.05) is 6.54 Å². The fraction of sp³-hybridized carbons (Fsp3) is 0.391. The fourth-order valence-corrected chi connectivity index (χ4v) is 3.35. The van der Waals surface area contributed by atoms with Crippen LogP contribution in [0.3, 0.4) is 0 Å². The van der Waals surface area contributed by atoms with Crippen molar-refractivity contribution in [3.63, 3.8) is 0 Å². The van der Waals surface area contributed by atoms with Crippen molar-refractivity contribution in [3.05, 3.63) is 71.9 Å². The number of hydrogen-bond acceptors (Lipinski definition) is 3. The van der Waals surface area contributed by atoms with E-state index in [4.69, 9.17) is 15.1 Å². The quantitative estimate of drug-likeness (QED) is 0.472. The highest BCUT2D eigenvalue weighted by molar-refractivity contribution is 5.59. The lowest BCUT2D eigenvalue weighted by Crippen LogP contribution is -2.29. The standard InChI is InChI=1S/C23H26F4N3O/c1-22(2,3)18(11-16(24)12-28)21-29-19(15-7-5-4-6-8-15)14-30(21)13-17-9-10-20(31-17)23(25,26)27/h4-10,14,16H,11-13,28H2,1-3H3/t16-/m1/s1. The first-order valence-electron chi connectivity index (χ1n) is 9.98. The van der Waals surface area contributed by atoms with Crippen LogP contribution in [0.5, 0.6) is 0 Å². The van der Waals surface area contributed by atoms with E-state index in [0.717, 1.165) is 17.5 Å². The molecule has 1 aromatic carbocycles. The van der Waals surface area contributed by atoms with Gasteiger partial charge in [0.05, 0.1) is 12.2 Å². The predicted molar refractivity (Wildman–Crippen MR) is 111 cm³/mol. The van der Waals surface area contributed by atoms with Crippen LogP contribution in [0, 0.1) is 11.3 Å². The van der Waals surface area contributed by atoms with E-state index in [1.54, 1.807) is 10.8 Å². The molecule has 3 rings (SSSR count). The number of nitrogens with two attached hydrogens (primary N) is 1. The van der Waals surface area contributed by atoms with Crippen LogP contribution < -0.4 is 5.73 Å². The van der Waals surface area contributed by atoms with Crippen LogP contribution in [0.2, 0.25) is 0 Å². The van der Waals surface area contributed by atoms with Crippen LogP contribution in [0.15, 0.2) is 53.1 Å². The average Bonchev–Trinajstić information content (AvgIpc) is 3.33. The Kier molecular flexibility index (Phi) is 6.59. The Hall–Kier alpha value is -2.61. The van der Waals surface area contributed by atoms with Crippen LogP contribution in [0.1, 0.15) is 44.5 Å². The van der Waals surface area contributed by atoms with Crippen LogP contribution in [0.25, 0.3) is 11.3 Å². The molecule has 0 saturated carbocycles. The van der Waals surface area contributed by atoms with Crippen molar-refractivity contribution in [1.29, 1.82) is 0 Å². The summed E-state index contributed by atoms with van der Waals surface area (Å²) in [6.45, 7) is 5.74. The first-order valence-corrected chi connectivity index (χ1v) is 9.98. The fourth-order valence-electron chi connectivity index (χ4n) is 3.35.